The number of rotatable bonds is 2. The van der Waals surface area contributed by atoms with Gasteiger partial charge in [-0.3, -0.25) is 4.79 Å². The highest BCUT2D eigenvalue weighted by Gasteiger charge is 1.96. The van der Waals surface area contributed by atoms with Gasteiger partial charge in [0, 0.05) is 5.69 Å². The third kappa shape index (κ3) is 2.60. The van der Waals surface area contributed by atoms with Crippen LogP contribution in [0.1, 0.15) is 0 Å². The molecule has 0 aliphatic heterocycles. The number of alkyl halides is 1. The van der Waals surface area contributed by atoms with Gasteiger partial charge in [-0.25, -0.2) is 0 Å². The third-order valence-corrected chi connectivity index (χ3v) is 1.37. The molecular formula is C8H7ClNO. The third-order valence-electron chi connectivity index (χ3n) is 1.12. The van der Waals surface area contributed by atoms with E-state index in [1.807, 2.05) is 0 Å². The summed E-state index contributed by atoms with van der Waals surface area (Å²) in [5.74, 6) is -0.212. The average molecular weight is 169 g/mol. The summed E-state index contributed by atoms with van der Waals surface area (Å²) in [6.07, 6.45) is 0. The molecule has 1 rings (SSSR count). The van der Waals surface area contributed by atoms with Crippen molar-refractivity contribution in [3.8, 4) is 0 Å². The number of anilines is 1. The topological polar surface area (TPSA) is 29.1 Å². The number of benzene rings is 1. The van der Waals surface area contributed by atoms with Crippen molar-refractivity contribution >= 4 is 23.2 Å². The lowest BCUT2D eigenvalue weighted by atomic mass is 10.3. The van der Waals surface area contributed by atoms with Crippen LogP contribution in [-0.4, -0.2) is 11.8 Å². The summed E-state index contributed by atoms with van der Waals surface area (Å²) in [6, 6.07) is 9.80. The van der Waals surface area contributed by atoms with E-state index in [4.69, 9.17) is 11.6 Å². The van der Waals surface area contributed by atoms with Crippen LogP contribution >= 0.6 is 11.6 Å². The first-order chi connectivity index (χ1) is 5.33. The first-order valence-electron chi connectivity index (χ1n) is 3.15. The number of hydrogen-bond donors (Lipinski definition) is 1. The van der Waals surface area contributed by atoms with Crippen molar-refractivity contribution in [2.24, 2.45) is 0 Å². The minimum atomic E-state index is -0.196. The van der Waals surface area contributed by atoms with E-state index in [2.05, 4.69) is 11.4 Å². The van der Waals surface area contributed by atoms with E-state index in [1.54, 1.807) is 24.3 Å². The van der Waals surface area contributed by atoms with Crippen molar-refractivity contribution in [2.45, 2.75) is 0 Å². The zero-order chi connectivity index (χ0) is 8.10. The minimum Gasteiger partial charge on any atom is -0.325 e. The maximum Gasteiger partial charge on any atom is 0.239 e. The lowest BCUT2D eigenvalue weighted by molar-refractivity contribution is -0.113. The van der Waals surface area contributed by atoms with Crippen LogP contribution in [-0.2, 0) is 4.79 Å². The van der Waals surface area contributed by atoms with E-state index in [-0.39, 0.29) is 11.8 Å². The van der Waals surface area contributed by atoms with Crippen LogP contribution in [0.3, 0.4) is 0 Å². The zero-order valence-corrected chi connectivity index (χ0v) is 6.56. The quantitative estimate of drug-likeness (QED) is 0.669. The molecule has 0 aliphatic rings. The molecule has 0 fully saturated rings. The van der Waals surface area contributed by atoms with Crippen molar-refractivity contribution in [3.63, 3.8) is 0 Å². The van der Waals surface area contributed by atoms with E-state index in [1.165, 1.54) is 0 Å². The second kappa shape index (κ2) is 3.98. The fourth-order valence-corrected chi connectivity index (χ4v) is 0.731. The van der Waals surface area contributed by atoms with Crippen LogP contribution < -0.4 is 5.32 Å². The fraction of sp³-hybridized carbons (Fsp3) is 0.125. The predicted octanol–water partition coefficient (Wildman–Crippen LogP) is 1.66. The molecular weight excluding hydrogens is 162 g/mol. The molecule has 0 saturated carbocycles. The Bertz CT molecular complexity index is 235. The molecule has 1 amide bonds. The SMILES string of the molecule is O=C(CCl)Nc1cc[c]cc1. The molecule has 2 nitrogen and oxygen atoms in total. The second-order valence-electron chi connectivity index (χ2n) is 1.97. The van der Waals surface area contributed by atoms with Crippen LogP contribution in [0.15, 0.2) is 24.3 Å². The number of halogens is 1. The largest absolute Gasteiger partial charge is 0.325 e. The van der Waals surface area contributed by atoms with Crippen LogP contribution in [0.2, 0.25) is 0 Å². The molecule has 11 heavy (non-hydrogen) atoms. The van der Waals surface area contributed by atoms with Gasteiger partial charge in [0.15, 0.2) is 0 Å². The highest BCUT2D eigenvalue weighted by Crippen LogP contribution is 2.03. The Balaban J connectivity index is 2.58. The first kappa shape index (κ1) is 8.08. The summed E-state index contributed by atoms with van der Waals surface area (Å²) in [5, 5.41) is 2.60. The summed E-state index contributed by atoms with van der Waals surface area (Å²) in [5.41, 5.74) is 0.745. The van der Waals surface area contributed by atoms with Gasteiger partial charge in [-0.1, -0.05) is 12.1 Å². The normalized spacial score (nSPS) is 9.18. The summed E-state index contributed by atoms with van der Waals surface area (Å²) in [7, 11) is 0. The Labute approximate surface area is 70.2 Å². The van der Waals surface area contributed by atoms with Crippen molar-refractivity contribution in [3.05, 3.63) is 30.3 Å². The van der Waals surface area contributed by atoms with Gasteiger partial charge in [0.1, 0.15) is 5.88 Å². The molecule has 1 aromatic carbocycles. The van der Waals surface area contributed by atoms with Gasteiger partial charge in [-0.15, -0.1) is 11.6 Å². The van der Waals surface area contributed by atoms with E-state index in [0.29, 0.717) is 0 Å². The number of carbonyl (C=O) groups is 1. The molecule has 1 N–H and O–H groups in total. The maximum absolute atomic E-state index is 10.7. The molecule has 57 valence electrons. The Morgan fingerprint density at radius 1 is 1.55 bits per heavy atom. The molecule has 0 saturated heterocycles. The Morgan fingerprint density at radius 2 is 2.18 bits per heavy atom. The number of hydrogen-bond acceptors (Lipinski definition) is 1. The van der Waals surface area contributed by atoms with Gasteiger partial charge in [0.05, 0.1) is 0 Å². The monoisotopic (exact) mass is 168 g/mol. The van der Waals surface area contributed by atoms with Gasteiger partial charge >= 0.3 is 0 Å². The lowest BCUT2D eigenvalue weighted by Gasteiger charge is -1.99. The molecule has 0 aromatic heterocycles. The molecule has 1 radical (unpaired) electrons. The molecule has 0 unspecified atom stereocenters. The lowest BCUT2D eigenvalue weighted by Crippen LogP contribution is -2.12. The van der Waals surface area contributed by atoms with Crippen LogP contribution in [0, 0.1) is 6.07 Å². The van der Waals surface area contributed by atoms with E-state index in [9.17, 15) is 4.79 Å². The second-order valence-corrected chi connectivity index (χ2v) is 2.24. The van der Waals surface area contributed by atoms with Crippen molar-refractivity contribution < 1.29 is 4.79 Å². The molecule has 0 spiro atoms. The maximum atomic E-state index is 10.7. The van der Waals surface area contributed by atoms with Crippen molar-refractivity contribution in [1.29, 1.82) is 0 Å². The van der Waals surface area contributed by atoms with Gasteiger partial charge in [0.2, 0.25) is 5.91 Å². The Hall–Kier alpha value is -1.02. The highest BCUT2D eigenvalue weighted by atomic mass is 35.5. The summed E-state index contributed by atoms with van der Waals surface area (Å²) in [4.78, 5) is 10.7. The average Bonchev–Trinajstić information content (AvgIpc) is 2.06. The number of amides is 1. The Morgan fingerprint density at radius 3 is 2.73 bits per heavy atom. The summed E-state index contributed by atoms with van der Waals surface area (Å²) >= 11 is 5.28. The molecule has 3 heteroatoms. The van der Waals surface area contributed by atoms with Gasteiger partial charge in [-0.2, -0.15) is 0 Å². The van der Waals surface area contributed by atoms with Crippen molar-refractivity contribution in [2.75, 3.05) is 11.2 Å². The number of nitrogens with one attached hydrogen (secondary N) is 1. The van der Waals surface area contributed by atoms with Crippen LogP contribution in [0.4, 0.5) is 5.69 Å². The molecule has 0 heterocycles. The Kier molecular flexibility index (Phi) is 2.93. The van der Waals surface area contributed by atoms with Crippen molar-refractivity contribution in [1.82, 2.24) is 0 Å². The van der Waals surface area contributed by atoms with Crippen LogP contribution in [0.5, 0.6) is 0 Å². The van der Waals surface area contributed by atoms with Gasteiger partial charge < -0.3 is 5.32 Å². The number of carbonyl (C=O) groups excluding carboxylic acids is 1. The van der Waals surface area contributed by atoms with E-state index >= 15 is 0 Å². The first-order valence-corrected chi connectivity index (χ1v) is 3.68. The van der Waals surface area contributed by atoms with E-state index in [0.717, 1.165) is 5.69 Å². The predicted molar refractivity (Wildman–Crippen MR) is 44.6 cm³/mol. The van der Waals surface area contributed by atoms with E-state index < -0.39 is 0 Å². The summed E-state index contributed by atoms with van der Waals surface area (Å²) in [6.45, 7) is 0. The van der Waals surface area contributed by atoms with Gasteiger partial charge in [0.25, 0.3) is 0 Å². The molecule has 0 atom stereocenters. The molecule has 0 aliphatic carbocycles. The minimum absolute atomic E-state index is 0.0153. The molecule has 1 aromatic rings. The smallest absolute Gasteiger partial charge is 0.239 e. The van der Waals surface area contributed by atoms with Gasteiger partial charge in [-0.05, 0) is 18.2 Å². The van der Waals surface area contributed by atoms with Crippen LogP contribution in [0.25, 0.3) is 0 Å². The summed E-state index contributed by atoms with van der Waals surface area (Å²) < 4.78 is 0. The standard InChI is InChI=1S/C8H7ClNO/c9-6-8(11)10-7-4-2-1-3-5-7/h2-5H,6H2,(H,10,11). The zero-order valence-electron chi connectivity index (χ0n) is 5.80. The fourth-order valence-electron chi connectivity index (χ4n) is 0.665. The highest BCUT2D eigenvalue weighted by molar-refractivity contribution is 6.29. The molecule has 0 bridgehead atoms.